The maximum Gasteiger partial charge on any atom is 0.185 e. The molecule has 0 unspecified atom stereocenters. The number of aryl methyl sites for hydroxylation is 1. The topological polar surface area (TPSA) is 31.4 Å². The van der Waals surface area contributed by atoms with Gasteiger partial charge in [0.05, 0.1) is 5.69 Å². The molecular weight excluding hydrogens is 408 g/mol. The number of nitrogens with one attached hydrogen (secondary N) is 1. The number of thiazole rings is 1. The third-order valence-electron chi connectivity index (χ3n) is 4.86. The summed E-state index contributed by atoms with van der Waals surface area (Å²) in [6.07, 6.45) is 0. The average Bonchev–Trinajstić information content (AvgIpc) is 3.20. The maximum atomic E-state index is 5.98. The van der Waals surface area contributed by atoms with Crippen LogP contribution in [0.2, 0.25) is 5.02 Å². The monoisotopic (exact) mass is 428 g/mol. The van der Waals surface area contributed by atoms with Crippen LogP contribution in [0.1, 0.15) is 5.56 Å². The van der Waals surface area contributed by atoms with Crippen molar-refractivity contribution in [2.24, 2.45) is 0 Å². The predicted molar refractivity (Wildman–Crippen MR) is 124 cm³/mol. The maximum absolute atomic E-state index is 5.98. The zero-order chi connectivity index (χ0) is 19.5. The van der Waals surface area contributed by atoms with Crippen molar-refractivity contribution in [2.75, 3.05) is 36.4 Å². The lowest BCUT2D eigenvalue weighted by atomic mass is 10.2. The Hall–Kier alpha value is -2.15. The third-order valence-corrected chi connectivity index (χ3v) is 6.37. The van der Waals surface area contributed by atoms with Gasteiger partial charge in [0.1, 0.15) is 0 Å². The molecule has 4 nitrogen and oxygen atoms in total. The zero-order valence-corrected chi connectivity index (χ0v) is 17.9. The first-order valence-electron chi connectivity index (χ1n) is 9.18. The third kappa shape index (κ3) is 4.29. The minimum Gasteiger partial charge on any atom is -0.345 e. The van der Waals surface area contributed by atoms with Crippen molar-refractivity contribution in [1.82, 2.24) is 9.88 Å². The van der Waals surface area contributed by atoms with E-state index >= 15 is 0 Å². The highest BCUT2D eigenvalue weighted by Gasteiger charge is 2.21. The summed E-state index contributed by atoms with van der Waals surface area (Å²) in [5.41, 5.74) is 4.36. The molecule has 1 N–H and O–H groups in total. The van der Waals surface area contributed by atoms with Gasteiger partial charge < -0.3 is 15.1 Å². The van der Waals surface area contributed by atoms with Gasteiger partial charge in [0, 0.05) is 47.8 Å². The van der Waals surface area contributed by atoms with Crippen LogP contribution in [0, 0.1) is 6.92 Å². The first-order chi connectivity index (χ1) is 13.6. The van der Waals surface area contributed by atoms with Crippen LogP contribution in [0.4, 0.5) is 10.8 Å². The molecule has 3 aromatic rings. The van der Waals surface area contributed by atoms with Gasteiger partial charge in [-0.2, -0.15) is 0 Å². The molecule has 0 amide bonds. The van der Waals surface area contributed by atoms with Gasteiger partial charge in [-0.25, -0.2) is 4.98 Å². The normalized spacial score (nSPS) is 14.2. The molecular formula is C21H21ClN4S2. The first kappa shape index (κ1) is 19.2. The molecule has 28 heavy (non-hydrogen) atoms. The minimum atomic E-state index is 0.741. The Kier molecular flexibility index (Phi) is 5.80. The van der Waals surface area contributed by atoms with E-state index in [1.807, 2.05) is 36.4 Å². The van der Waals surface area contributed by atoms with Crippen molar-refractivity contribution >= 4 is 51.1 Å². The average molecular weight is 429 g/mol. The molecule has 1 aliphatic heterocycles. The number of nitrogens with zero attached hydrogens (tertiary/aromatic N) is 3. The van der Waals surface area contributed by atoms with Crippen molar-refractivity contribution in [1.29, 1.82) is 0 Å². The molecule has 4 rings (SSSR count). The van der Waals surface area contributed by atoms with Crippen molar-refractivity contribution in [3.05, 3.63) is 64.5 Å². The summed E-state index contributed by atoms with van der Waals surface area (Å²) in [6, 6.07) is 16.0. The molecule has 1 saturated heterocycles. The van der Waals surface area contributed by atoms with Crippen LogP contribution in [0.3, 0.4) is 0 Å². The second kappa shape index (κ2) is 8.47. The Balaban J connectivity index is 1.36. The van der Waals surface area contributed by atoms with Crippen LogP contribution in [-0.4, -0.2) is 41.2 Å². The van der Waals surface area contributed by atoms with Gasteiger partial charge >= 0.3 is 0 Å². The first-order valence-corrected chi connectivity index (χ1v) is 10.8. The van der Waals surface area contributed by atoms with E-state index in [1.54, 1.807) is 11.3 Å². The summed E-state index contributed by atoms with van der Waals surface area (Å²) in [5.74, 6) is 0. The number of hydrogen-bond donors (Lipinski definition) is 1. The number of rotatable bonds is 3. The molecule has 1 fully saturated rings. The summed E-state index contributed by atoms with van der Waals surface area (Å²) in [5, 5.41) is 8.07. The van der Waals surface area contributed by atoms with Crippen LogP contribution in [0.15, 0.2) is 53.9 Å². The second-order valence-electron chi connectivity index (χ2n) is 6.74. The van der Waals surface area contributed by atoms with E-state index in [9.17, 15) is 0 Å². The van der Waals surface area contributed by atoms with Gasteiger partial charge in [-0.05, 0) is 42.9 Å². The highest BCUT2D eigenvalue weighted by molar-refractivity contribution is 7.80. The highest BCUT2D eigenvalue weighted by atomic mass is 35.5. The van der Waals surface area contributed by atoms with E-state index in [0.717, 1.165) is 58.4 Å². The Labute approximate surface area is 179 Å². The van der Waals surface area contributed by atoms with Gasteiger partial charge in [-0.1, -0.05) is 41.9 Å². The quantitative estimate of drug-likeness (QED) is 0.573. The zero-order valence-electron chi connectivity index (χ0n) is 15.6. The molecule has 0 aliphatic carbocycles. The van der Waals surface area contributed by atoms with Crippen LogP contribution >= 0.6 is 35.2 Å². The largest absolute Gasteiger partial charge is 0.345 e. The lowest BCUT2D eigenvalue weighted by Crippen LogP contribution is -2.50. The van der Waals surface area contributed by atoms with E-state index in [2.05, 4.69) is 39.6 Å². The smallest absolute Gasteiger partial charge is 0.185 e. The van der Waals surface area contributed by atoms with E-state index in [0.29, 0.717) is 0 Å². The fourth-order valence-corrected chi connectivity index (χ4v) is 4.48. The lowest BCUT2D eigenvalue weighted by Gasteiger charge is -2.36. The lowest BCUT2D eigenvalue weighted by molar-refractivity contribution is 0.390. The number of benzene rings is 2. The molecule has 0 atom stereocenters. The van der Waals surface area contributed by atoms with Gasteiger partial charge in [0.15, 0.2) is 10.2 Å². The highest BCUT2D eigenvalue weighted by Crippen LogP contribution is 2.29. The standard InChI is InChI=1S/C21H21ClN4S2/c1-15-4-2-3-5-18(15)23-20(27)25-10-12-26(13-11-25)21-24-19(14-28-21)16-6-8-17(22)9-7-16/h2-9,14H,10-13H2,1H3,(H,23,27). The molecule has 7 heteroatoms. The summed E-state index contributed by atoms with van der Waals surface area (Å²) >= 11 is 13.3. The van der Waals surface area contributed by atoms with Crippen LogP contribution in [0.25, 0.3) is 11.3 Å². The summed E-state index contributed by atoms with van der Waals surface area (Å²) < 4.78 is 0. The van der Waals surface area contributed by atoms with Crippen LogP contribution in [-0.2, 0) is 0 Å². The molecule has 0 radical (unpaired) electrons. The molecule has 2 aromatic carbocycles. The number of piperazine rings is 1. The summed E-state index contributed by atoms with van der Waals surface area (Å²) in [6.45, 7) is 5.66. The molecule has 0 spiro atoms. The predicted octanol–water partition coefficient (Wildman–Crippen LogP) is 5.29. The van der Waals surface area contributed by atoms with E-state index in [4.69, 9.17) is 28.8 Å². The number of halogens is 1. The number of hydrogen-bond acceptors (Lipinski definition) is 4. The van der Waals surface area contributed by atoms with Crippen LogP contribution in [0.5, 0.6) is 0 Å². The van der Waals surface area contributed by atoms with E-state index < -0.39 is 0 Å². The number of thiocarbonyl (C=S) groups is 1. The number of anilines is 2. The fourth-order valence-electron chi connectivity index (χ4n) is 3.17. The Morgan fingerprint density at radius 3 is 2.50 bits per heavy atom. The van der Waals surface area contributed by atoms with Gasteiger partial charge in [-0.3, -0.25) is 0 Å². The van der Waals surface area contributed by atoms with Crippen molar-refractivity contribution in [3.63, 3.8) is 0 Å². The Morgan fingerprint density at radius 2 is 1.79 bits per heavy atom. The van der Waals surface area contributed by atoms with Crippen molar-refractivity contribution < 1.29 is 0 Å². The van der Waals surface area contributed by atoms with E-state index in [-0.39, 0.29) is 0 Å². The van der Waals surface area contributed by atoms with E-state index in [1.165, 1.54) is 5.56 Å². The SMILES string of the molecule is Cc1ccccc1NC(=S)N1CCN(c2nc(-c3ccc(Cl)cc3)cs2)CC1. The molecule has 144 valence electrons. The van der Waals surface area contributed by atoms with Crippen molar-refractivity contribution in [3.8, 4) is 11.3 Å². The second-order valence-corrected chi connectivity index (χ2v) is 8.40. The molecule has 1 aliphatic rings. The van der Waals surface area contributed by atoms with Gasteiger partial charge in [0.25, 0.3) is 0 Å². The molecule has 0 bridgehead atoms. The fraction of sp³-hybridized carbons (Fsp3) is 0.238. The van der Waals surface area contributed by atoms with Crippen molar-refractivity contribution in [2.45, 2.75) is 6.92 Å². The van der Waals surface area contributed by atoms with Crippen LogP contribution < -0.4 is 10.2 Å². The Bertz CT molecular complexity index is 963. The van der Waals surface area contributed by atoms with Gasteiger partial charge in [-0.15, -0.1) is 11.3 Å². The van der Waals surface area contributed by atoms with Gasteiger partial charge in [0.2, 0.25) is 0 Å². The minimum absolute atomic E-state index is 0.741. The summed E-state index contributed by atoms with van der Waals surface area (Å²) in [7, 11) is 0. The molecule has 2 heterocycles. The molecule has 0 saturated carbocycles. The molecule has 1 aromatic heterocycles. The number of aromatic nitrogens is 1. The summed E-state index contributed by atoms with van der Waals surface area (Å²) in [4.78, 5) is 9.38. The number of para-hydroxylation sites is 1. The Morgan fingerprint density at radius 1 is 1.07 bits per heavy atom.